The Labute approximate surface area is 134 Å². The van der Waals surface area contributed by atoms with Crippen LogP contribution >= 0.6 is 24.0 Å². The molecule has 2 rings (SSSR count). The van der Waals surface area contributed by atoms with Crippen LogP contribution in [0.3, 0.4) is 0 Å². The van der Waals surface area contributed by atoms with Crippen molar-refractivity contribution < 1.29 is 5.48 Å². The number of hydrogen-bond donors (Lipinski definition) is 1. The molecule has 0 radical (unpaired) electrons. The van der Waals surface area contributed by atoms with Crippen LogP contribution in [0.2, 0.25) is 5.02 Å². The van der Waals surface area contributed by atoms with Crippen molar-refractivity contribution >= 4 is 24.0 Å². The van der Waals surface area contributed by atoms with Crippen LogP contribution in [0.4, 0.5) is 0 Å². The van der Waals surface area contributed by atoms with Gasteiger partial charge in [0.2, 0.25) is 0 Å². The number of likely N-dealkylation sites (N-methyl/N-ethyl adjacent to an activating group) is 1. The van der Waals surface area contributed by atoms with Crippen molar-refractivity contribution in [3.8, 4) is 0 Å². The van der Waals surface area contributed by atoms with Gasteiger partial charge in [0.25, 0.3) is 0 Å². The number of rotatable bonds is 5. The van der Waals surface area contributed by atoms with Crippen LogP contribution in [-0.4, -0.2) is 18.6 Å². The molecule has 0 heterocycles. The second-order valence-corrected chi connectivity index (χ2v) is 6.42. The smallest absolute Gasteiger partial charge is 0.0406 e. The zero-order chi connectivity index (χ0) is 13.2. The summed E-state index contributed by atoms with van der Waals surface area (Å²) in [6, 6.07) is 9.06. The van der Waals surface area contributed by atoms with Gasteiger partial charge in [0.15, 0.2) is 0 Å². The van der Waals surface area contributed by atoms with Crippen molar-refractivity contribution in [3.05, 3.63) is 34.9 Å². The molecule has 0 saturated heterocycles. The van der Waals surface area contributed by atoms with E-state index in [2.05, 4.69) is 38.3 Å². The largest absolute Gasteiger partial charge is 0.412 e. The van der Waals surface area contributed by atoms with Gasteiger partial charge in [0.1, 0.15) is 0 Å². The second-order valence-electron chi connectivity index (χ2n) is 5.99. The van der Waals surface area contributed by atoms with Crippen LogP contribution in [0.25, 0.3) is 0 Å². The monoisotopic (exact) mass is 319 g/mol. The van der Waals surface area contributed by atoms with Crippen molar-refractivity contribution in [1.29, 1.82) is 0 Å². The van der Waals surface area contributed by atoms with Crippen LogP contribution in [0, 0.1) is 5.92 Å². The summed E-state index contributed by atoms with van der Waals surface area (Å²) in [5, 5.41) is 4.39. The molecule has 1 atom stereocenters. The number of nitrogens with one attached hydrogen (secondary N) is 1. The molecule has 1 aromatic rings. The molecule has 2 nitrogen and oxygen atoms in total. The fourth-order valence-corrected chi connectivity index (χ4v) is 3.39. The first kappa shape index (κ1) is 19.7. The lowest BCUT2D eigenvalue weighted by Gasteiger charge is -2.49. The Balaban J connectivity index is 0.00000180. The predicted molar refractivity (Wildman–Crippen MR) is 90.1 cm³/mol. The van der Waals surface area contributed by atoms with E-state index in [0.717, 1.165) is 10.9 Å². The van der Waals surface area contributed by atoms with Gasteiger partial charge in [-0.1, -0.05) is 44.0 Å². The van der Waals surface area contributed by atoms with Gasteiger partial charge >= 0.3 is 0 Å². The summed E-state index contributed by atoms with van der Waals surface area (Å²) in [5.41, 5.74) is 1.79. The highest BCUT2D eigenvalue weighted by molar-refractivity contribution is 6.30. The van der Waals surface area contributed by atoms with E-state index >= 15 is 0 Å². The molecular weight excluding hydrogens is 293 g/mol. The number of hydrogen-bond acceptors (Lipinski definition) is 1. The molecule has 1 aliphatic rings. The molecule has 0 amide bonds. The third-order valence-corrected chi connectivity index (χ3v) is 4.64. The molecular formula is C16H27Cl2NO. The third kappa shape index (κ3) is 3.88. The van der Waals surface area contributed by atoms with Crippen LogP contribution < -0.4 is 5.32 Å². The molecule has 0 bridgehead atoms. The number of halogens is 2. The molecule has 0 spiro atoms. The van der Waals surface area contributed by atoms with Crippen molar-refractivity contribution in [2.24, 2.45) is 5.92 Å². The van der Waals surface area contributed by atoms with Gasteiger partial charge in [-0.25, -0.2) is 0 Å². The van der Waals surface area contributed by atoms with Crippen LogP contribution in [-0.2, 0) is 5.41 Å². The minimum Gasteiger partial charge on any atom is -0.412 e. The van der Waals surface area contributed by atoms with E-state index in [1.165, 1.54) is 31.2 Å². The zero-order valence-corrected chi connectivity index (χ0v) is 14.2. The average Bonchev–Trinajstić information content (AvgIpc) is 2.28. The first-order valence-electron chi connectivity index (χ1n) is 7.02. The Bertz CT molecular complexity index is 388. The highest BCUT2D eigenvalue weighted by atomic mass is 35.5. The Hall–Kier alpha value is -0.280. The summed E-state index contributed by atoms with van der Waals surface area (Å²) in [5.74, 6) is 0.729. The van der Waals surface area contributed by atoms with Crippen LogP contribution in [0.5, 0.6) is 0 Å². The fourth-order valence-electron chi connectivity index (χ4n) is 3.27. The summed E-state index contributed by atoms with van der Waals surface area (Å²) in [6.45, 7) is 4.61. The summed E-state index contributed by atoms with van der Waals surface area (Å²) in [7, 11) is 2.10. The van der Waals surface area contributed by atoms with Gasteiger partial charge in [-0.3, -0.25) is 0 Å². The molecule has 1 aromatic carbocycles. The summed E-state index contributed by atoms with van der Waals surface area (Å²) in [4.78, 5) is 0. The lowest BCUT2D eigenvalue weighted by atomic mass is 9.59. The van der Waals surface area contributed by atoms with Gasteiger partial charge in [-0.05, 0) is 49.9 Å². The molecule has 1 aliphatic carbocycles. The molecule has 1 fully saturated rings. The molecule has 0 aliphatic heterocycles. The van der Waals surface area contributed by atoms with E-state index in [1.54, 1.807) is 0 Å². The Kier molecular flexibility index (Phi) is 8.12. The minimum atomic E-state index is 0. The topological polar surface area (TPSA) is 43.5 Å². The average molecular weight is 320 g/mol. The Morgan fingerprint density at radius 2 is 1.75 bits per heavy atom. The lowest BCUT2D eigenvalue weighted by molar-refractivity contribution is 0.157. The van der Waals surface area contributed by atoms with Crippen LogP contribution in [0.1, 0.15) is 45.1 Å². The van der Waals surface area contributed by atoms with E-state index in [0.29, 0.717) is 11.5 Å². The van der Waals surface area contributed by atoms with Gasteiger partial charge < -0.3 is 10.8 Å². The molecule has 1 unspecified atom stereocenters. The molecule has 1 saturated carbocycles. The van der Waals surface area contributed by atoms with Gasteiger partial charge in [-0.15, -0.1) is 12.4 Å². The predicted octanol–water partition coefficient (Wildman–Crippen LogP) is 3.99. The highest BCUT2D eigenvalue weighted by Crippen LogP contribution is 2.48. The fraction of sp³-hybridized carbons (Fsp3) is 0.625. The maximum absolute atomic E-state index is 6.01. The molecule has 0 aromatic heterocycles. The molecule has 116 valence electrons. The van der Waals surface area contributed by atoms with E-state index < -0.39 is 0 Å². The Morgan fingerprint density at radius 1 is 1.20 bits per heavy atom. The van der Waals surface area contributed by atoms with E-state index in [9.17, 15) is 0 Å². The van der Waals surface area contributed by atoms with Crippen molar-refractivity contribution in [2.75, 3.05) is 7.05 Å². The van der Waals surface area contributed by atoms with E-state index in [-0.39, 0.29) is 17.9 Å². The second kappa shape index (κ2) is 8.23. The standard InChI is InChI=1S/C16H24ClN.ClH.H2O/c1-12(2)11-15(18-3)16(9-4-10-16)13-5-7-14(17)8-6-13;;/h5-8,12,15,18H,4,9-11H2,1-3H3;1H;1H2. The maximum Gasteiger partial charge on any atom is 0.0406 e. The SMILES string of the molecule is CNC(CC(C)C)C1(c2ccc(Cl)cc2)CCC1.Cl.O. The van der Waals surface area contributed by atoms with Gasteiger partial charge in [-0.2, -0.15) is 0 Å². The first-order chi connectivity index (χ1) is 8.58. The van der Waals surface area contributed by atoms with Crippen molar-refractivity contribution in [2.45, 2.75) is 51.0 Å². The molecule has 3 N–H and O–H groups in total. The van der Waals surface area contributed by atoms with E-state index in [1.807, 2.05) is 12.1 Å². The zero-order valence-electron chi connectivity index (χ0n) is 12.6. The lowest BCUT2D eigenvalue weighted by Crippen LogP contribution is -2.52. The third-order valence-electron chi connectivity index (χ3n) is 4.39. The van der Waals surface area contributed by atoms with Crippen molar-refractivity contribution in [3.63, 3.8) is 0 Å². The summed E-state index contributed by atoms with van der Waals surface area (Å²) in [6.07, 6.45) is 5.18. The first-order valence-corrected chi connectivity index (χ1v) is 7.39. The molecule has 20 heavy (non-hydrogen) atoms. The Morgan fingerprint density at radius 3 is 2.10 bits per heavy atom. The van der Waals surface area contributed by atoms with Gasteiger partial charge in [0.05, 0.1) is 0 Å². The highest BCUT2D eigenvalue weighted by Gasteiger charge is 2.44. The van der Waals surface area contributed by atoms with Gasteiger partial charge in [0, 0.05) is 16.5 Å². The van der Waals surface area contributed by atoms with Crippen LogP contribution in [0.15, 0.2) is 24.3 Å². The summed E-state index contributed by atoms with van der Waals surface area (Å²) < 4.78 is 0. The van der Waals surface area contributed by atoms with E-state index in [4.69, 9.17) is 11.6 Å². The minimum absolute atomic E-state index is 0. The summed E-state index contributed by atoms with van der Waals surface area (Å²) >= 11 is 6.01. The quantitative estimate of drug-likeness (QED) is 0.876. The van der Waals surface area contributed by atoms with Crippen molar-refractivity contribution in [1.82, 2.24) is 5.32 Å². The molecule has 4 heteroatoms. The maximum atomic E-state index is 6.01. The normalized spacial score (nSPS) is 17.6. The number of benzene rings is 1.